The predicted molar refractivity (Wildman–Crippen MR) is 111 cm³/mol. The maximum absolute atomic E-state index is 12.2. The maximum atomic E-state index is 12.2. The van der Waals surface area contributed by atoms with Crippen molar-refractivity contribution in [1.82, 2.24) is 25.2 Å². The number of ether oxygens (including phenoxy) is 1. The van der Waals surface area contributed by atoms with Crippen molar-refractivity contribution in [2.75, 3.05) is 31.2 Å². The van der Waals surface area contributed by atoms with E-state index in [2.05, 4.69) is 30.5 Å². The van der Waals surface area contributed by atoms with Crippen LogP contribution in [0.4, 0.5) is 5.13 Å². The van der Waals surface area contributed by atoms with E-state index in [1.807, 2.05) is 36.6 Å². The first-order valence-electron chi connectivity index (χ1n) is 9.25. The highest BCUT2D eigenvalue weighted by Gasteiger charge is 2.15. The van der Waals surface area contributed by atoms with Gasteiger partial charge in [0.1, 0.15) is 12.7 Å². The molecule has 1 amide bonds. The van der Waals surface area contributed by atoms with Gasteiger partial charge in [-0.2, -0.15) is 10.2 Å². The van der Waals surface area contributed by atoms with Gasteiger partial charge in [0, 0.05) is 18.5 Å². The largest absolute Gasteiger partial charge is 0.378 e. The van der Waals surface area contributed by atoms with Crippen LogP contribution < -0.4 is 10.3 Å². The van der Waals surface area contributed by atoms with Crippen molar-refractivity contribution in [3.05, 3.63) is 53.6 Å². The Labute approximate surface area is 172 Å². The fraction of sp³-hybridized carbons (Fsp3) is 0.316. The molecule has 0 saturated carbocycles. The molecule has 1 aliphatic rings. The van der Waals surface area contributed by atoms with Crippen molar-refractivity contribution < 1.29 is 9.53 Å². The number of nitrogens with zero attached hydrogens (tertiary/aromatic N) is 6. The average Bonchev–Trinajstić information content (AvgIpc) is 3.45. The molecule has 4 rings (SSSR count). The molecule has 1 fully saturated rings. The number of morpholine rings is 1. The van der Waals surface area contributed by atoms with E-state index in [0.29, 0.717) is 13.2 Å². The number of benzene rings is 1. The summed E-state index contributed by atoms with van der Waals surface area (Å²) in [4.78, 5) is 22.9. The minimum absolute atomic E-state index is 0.192. The number of anilines is 1. The summed E-state index contributed by atoms with van der Waals surface area (Å²) in [5.41, 5.74) is 5.90. The van der Waals surface area contributed by atoms with Crippen molar-refractivity contribution in [2.45, 2.75) is 13.3 Å². The second-order valence-corrected chi connectivity index (χ2v) is 7.35. The monoisotopic (exact) mass is 411 g/mol. The number of carbonyl (C=O) groups excluding carboxylic acids is 1. The Morgan fingerprint density at radius 2 is 2.07 bits per heavy atom. The van der Waals surface area contributed by atoms with Crippen LogP contribution in [0.3, 0.4) is 0 Å². The lowest BCUT2D eigenvalue weighted by atomic mass is 10.1. The first kappa shape index (κ1) is 19.2. The van der Waals surface area contributed by atoms with Crippen molar-refractivity contribution >= 4 is 28.1 Å². The number of aromatic nitrogens is 4. The Morgan fingerprint density at radius 3 is 2.79 bits per heavy atom. The van der Waals surface area contributed by atoms with E-state index >= 15 is 0 Å². The minimum atomic E-state index is -0.192. The topological polar surface area (TPSA) is 97.5 Å². The number of hydrazone groups is 1. The quantitative estimate of drug-likeness (QED) is 0.489. The summed E-state index contributed by atoms with van der Waals surface area (Å²) in [5, 5.41) is 11.2. The summed E-state index contributed by atoms with van der Waals surface area (Å²) < 4.78 is 7.04. The molecule has 1 aromatic carbocycles. The Morgan fingerprint density at radius 1 is 1.28 bits per heavy atom. The zero-order chi connectivity index (χ0) is 20.1. The summed E-state index contributed by atoms with van der Waals surface area (Å²) in [6.07, 6.45) is 3.32. The average molecular weight is 411 g/mol. The third kappa shape index (κ3) is 4.84. The number of nitrogens with one attached hydrogen (secondary N) is 1. The Balaban J connectivity index is 1.32. The van der Waals surface area contributed by atoms with Gasteiger partial charge in [0.05, 0.1) is 36.7 Å². The van der Waals surface area contributed by atoms with E-state index in [1.54, 1.807) is 22.3 Å². The second-order valence-electron chi connectivity index (χ2n) is 6.52. The van der Waals surface area contributed by atoms with Gasteiger partial charge in [0.25, 0.3) is 0 Å². The maximum Gasteiger partial charge on any atom is 0.246 e. The third-order valence-electron chi connectivity index (χ3n) is 4.48. The van der Waals surface area contributed by atoms with Crippen LogP contribution in [0.25, 0.3) is 5.69 Å². The molecule has 2 aromatic heterocycles. The molecular formula is C19H21N7O2S. The van der Waals surface area contributed by atoms with Crippen LogP contribution in [0, 0.1) is 0 Å². The SMILES string of the molecule is C/C(=N/NC(=O)Cc1csc(N2CCOCC2)n1)c1ccc(-n2cncn2)cc1. The lowest BCUT2D eigenvalue weighted by Crippen LogP contribution is -2.36. The van der Waals surface area contributed by atoms with Crippen LogP contribution in [-0.2, 0) is 16.0 Å². The number of rotatable bonds is 6. The Bertz CT molecular complexity index is 976. The van der Waals surface area contributed by atoms with Crippen LogP contribution >= 0.6 is 11.3 Å². The van der Waals surface area contributed by atoms with E-state index in [-0.39, 0.29) is 12.3 Å². The summed E-state index contributed by atoms with van der Waals surface area (Å²) >= 11 is 1.55. The second kappa shape index (κ2) is 8.93. The first-order chi connectivity index (χ1) is 14.2. The number of thiazole rings is 1. The predicted octanol–water partition coefficient (Wildman–Crippen LogP) is 1.64. The van der Waals surface area contributed by atoms with E-state index in [1.165, 1.54) is 6.33 Å². The fourth-order valence-electron chi connectivity index (χ4n) is 2.89. The lowest BCUT2D eigenvalue weighted by molar-refractivity contribution is -0.120. The van der Waals surface area contributed by atoms with Gasteiger partial charge in [0.2, 0.25) is 5.91 Å². The van der Waals surface area contributed by atoms with Crippen molar-refractivity contribution in [1.29, 1.82) is 0 Å². The normalized spacial score (nSPS) is 14.8. The molecule has 3 heterocycles. The van der Waals surface area contributed by atoms with Crippen LogP contribution in [-0.4, -0.2) is 57.7 Å². The molecular weight excluding hydrogens is 390 g/mol. The molecule has 0 aliphatic carbocycles. The van der Waals surface area contributed by atoms with Gasteiger partial charge in [0.15, 0.2) is 5.13 Å². The molecule has 1 aliphatic heterocycles. The molecule has 1 N–H and O–H groups in total. The molecule has 1 saturated heterocycles. The zero-order valence-corrected chi connectivity index (χ0v) is 16.8. The van der Waals surface area contributed by atoms with Crippen molar-refractivity contribution in [3.8, 4) is 5.69 Å². The molecule has 10 heteroatoms. The summed E-state index contributed by atoms with van der Waals surface area (Å²) in [7, 11) is 0. The molecule has 9 nitrogen and oxygen atoms in total. The highest BCUT2D eigenvalue weighted by atomic mass is 32.1. The molecule has 0 spiro atoms. The van der Waals surface area contributed by atoms with Crippen molar-refractivity contribution in [2.24, 2.45) is 5.10 Å². The Hall–Kier alpha value is -3.11. The van der Waals surface area contributed by atoms with Crippen LogP contribution in [0.15, 0.2) is 47.4 Å². The van der Waals surface area contributed by atoms with Gasteiger partial charge >= 0.3 is 0 Å². The van der Waals surface area contributed by atoms with Crippen molar-refractivity contribution in [3.63, 3.8) is 0 Å². The number of carbonyl (C=O) groups is 1. The van der Waals surface area contributed by atoms with E-state index in [4.69, 9.17) is 4.74 Å². The van der Waals surface area contributed by atoms with Gasteiger partial charge in [-0.1, -0.05) is 12.1 Å². The molecule has 0 atom stereocenters. The highest BCUT2D eigenvalue weighted by Crippen LogP contribution is 2.21. The lowest BCUT2D eigenvalue weighted by Gasteiger charge is -2.26. The van der Waals surface area contributed by atoms with Gasteiger partial charge in [-0.15, -0.1) is 11.3 Å². The summed E-state index contributed by atoms with van der Waals surface area (Å²) in [6.45, 7) is 4.94. The van der Waals surface area contributed by atoms with Gasteiger partial charge in [-0.05, 0) is 24.6 Å². The van der Waals surface area contributed by atoms with E-state index in [9.17, 15) is 4.79 Å². The van der Waals surface area contributed by atoms with Crippen LogP contribution in [0.5, 0.6) is 0 Å². The molecule has 150 valence electrons. The number of hydrogen-bond acceptors (Lipinski definition) is 8. The smallest absolute Gasteiger partial charge is 0.246 e. The van der Waals surface area contributed by atoms with E-state index < -0.39 is 0 Å². The van der Waals surface area contributed by atoms with Gasteiger partial charge < -0.3 is 9.64 Å². The van der Waals surface area contributed by atoms with E-state index in [0.717, 1.165) is 40.9 Å². The molecule has 0 radical (unpaired) electrons. The minimum Gasteiger partial charge on any atom is -0.378 e. The zero-order valence-electron chi connectivity index (χ0n) is 16.0. The molecule has 0 unspecified atom stereocenters. The number of amides is 1. The third-order valence-corrected chi connectivity index (χ3v) is 5.43. The highest BCUT2D eigenvalue weighted by molar-refractivity contribution is 7.13. The number of hydrogen-bond donors (Lipinski definition) is 1. The first-order valence-corrected chi connectivity index (χ1v) is 10.1. The Kier molecular flexibility index (Phi) is 5.92. The molecule has 29 heavy (non-hydrogen) atoms. The summed E-state index contributed by atoms with van der Waals surface area (Å²) in [5.74, 6) is -0.192. The standard InChI is InChI=1S/C19H21N7O2S/c1-14(15-2-4-17(5-3-15)26-13-20-12-21-26)23-24-18(27)10-16-11-29-19(22-16)25-6-8-28-9-7-25/h2-5,11-13H,6-10H2,1H3,(H,24,27)/b23-14-. The molecule has 0 bridgehead atoms. The molecule has 3 aromatic rings. The fourth-order valence-corrected chi connectivity index (χ4v) is 3.77. The van der Waals surface area contributed by atoms with Gasteiger partial charge in [-0.25, -0.2) is 20.1 Å². The summed E-state index contributed by atoms with van der Waals surface area (Å²) in [6, 6.07) is 7.70. The van der Waals surface area contributed by atoms with Crippen LogP contribution in [0.2, 0.25) is 0 Å². The van der Waals surface area contributed by atoms with Gasteiger partial charge in [-0.3, -0.25) is 4.79 Å². The van der Waals surface area contributed by atoms with Crippen LogP contribution in [0.1, 0.15) is 18.2 Å².